The third-order valence-electron chi connectivity index (χ3n) is 1.14. The summed E-state index contributed by atoms with van der Waals surface area (Å²) in [6.45, 7) is 0.813. The van der Waals surface area contributed by atoms with Crippen LogP contribution in [0.5, 0.6) is 0 Å². The van der Waals surface area contributed by atoms with E-state index < -0.39 is 0 Å². The number of hydrogen-bond donors (Lipinski definition) is 1. The fourth-order valence-electron chi connectivity index (χ4n) is 0.757. The van der Waals surface area contributed by atoms with E-state index >= 15 is 0 Å². The molecule has 0 aliphatic carbocycles. The summed E-state index contributed by atoms with van der Waals surface area (Å²) in [5.74, 6) is 0. The maximum absolute atomic E-state index is 5.69. The van der Waals surface area contributed by atoms with E-state index in [0.717, 1.165) is 12.1 Å². The van der Waals surface area contributed by atoms with Gasteiger partial charge in [-0.2, -0.15) is 0 Å². The number of nitrogens with one attached hydrogen (secondary N) is 1. The molecule has 0 aromatic carbocycles. The van der Waals surface area contributed by atoms with Gasteiger partial charge in [0.1, 0.15) is 0 Å². The van der Waals surface area contributed by atoms with E-state index in [9.17, 15) is 0 Å². The lowest BCUT2D eigenvalue weighted by Crippen LogP contribution is -2.04. The zero-order valence-electron chi connectivity index (χ0n) is 6.17. The van der Waals surface area contributed by atoms with Crippen molar-refractivity contribution in [2.75, 3.05) is 7.05 Å². The van der Waals surface area contributed by atoms with E-state index in [0.29, 0.717) is 5.02 Å². The van der Waals surface area contributed by atoms with Crippen molar-refractivity contribution in [3.8, 4) is 0 Å². The molecule has 0 saturated carbocycles. The van der Waals surface area contributed by atoms with Crippen LogP contribution in [0.1, 0.15) is 5.56 Å². The molecule has 1 aromatic heterocycles. The van der Waals surface area contributed by atoms with Crippen molar-refractivity contribution >= 4 is 24.0 Å². The average molecular weight is 193 g/mol. The normalized spacial score (nSPS) is 8.91. The molecule has 0 bridgehead atoms. The molecule has 1 aromatic rings. The molecule has 62 valence electrons. The van der Waals surface area contributed by atoms with Crippen LogP contribution in [0.3, 0.4) is 0 Å². The van der Waals surface area contributed by atoms with Crippen molar-refractivity contribution in [3.05, 3.63) is 29.0 Å². The van der Waals surface area contributed by atoms with Gasteiger partial charge in [-0.05, 0) is 18.7 Å². The van der Waals surface area contributed by atoms with Crippen molar-refractivity contribution < 1.29 is 0 Å². The van der Waals surface area contributed by atoms with Gasteiger partial charge in [-0.3, -0.25) is 4.98 Å². The molecule has 0 spiro atoms. The van der Waals surface area contributed by atoms with Gasteiger partial charge in [0.25, 0.3) is 0 Å². The van der Waals surface area contributed by atoms with Crippen molar-refractivity contribution in [1.82, 2.24) is 10.3 Å². The van der Waals surface area contributed by atoms with E-state index in [2.05, 4.69) is 10.3 Å². The SMILES string of the molecule is CNCc1cncc(Cl)c1.Cl. The predicted molar refractivity (Wildman–Crippen MR) is 49.3 cm³/mol. The molecule has 4 heteroatoms. The Labute approximate surface area is 77.4 Å². The smallest absolute Gasteiger partial charge is 0.0592 e. The third-order valence-corrected chi connectivity index (χ3v) is 1.35. The molecule has 0 aliphatic rings. The van der Waals surface area contributed by atoms with Gasteiger partial charge in [0, 0.05) is 18.9 Å². The van der Waals surface area contributed by atoms with Crippen molar-refractivity contribution in [3.63, 3.8) is 0 Å². The Kier molecular flexibility index (Phi) is 5.20. The highest BCUT2D eigenvalue weighted by Crippen LogP contribution is 2.07. The molecule has 2 nitrogen and oxygen atoms in total. The molecular weight excluding hydrogens is 183 g/mol. The number of aromatic nitrogens is 1. The molecule has 0 amide bonds. The largest absolute Gasteiger partial charge is 0.316 e. The van der Waals surface area contributed by atoms with E-state index in [1.807, 2.05) is 13.1 Å². The van der Waals surface area contributed by atoms with Gasteiger partial charge in [0.15, 0.2) is 0 Å². The van der Waals surface area contributed by atoms with E-state index in [4.69, 9.17) is 11.6 Å². The number of pyridine rings is 1. The maximum atomic E-state index is 5.69. The summed E-state index contributed by atoms with van der Waals surface area (Å²) < 4.78 is 0. The Morgan fingerprint density at radius 3 is 2.82 bits per heavy atom. The molecule has 0 fully saturated rings. The fraction of sp³-hybridized carbons (Fsp3) is 0.286. The Morgan fingerprint density at radius 1 is 1.55 bits per heavy atom. The minimum Gasteiger partial charge on any atom is -0.316 e. The number of hydrogen-bond acceptors (Lipinski definition) is 2. The molecule has 0 unspecified atom stereocenters. The van der Waals surface area contributed by atoms with Crippen LogP contribution < -0.4 is 5.32 Å². The van der Waals surface area contributed by atoms with Gasteiger partial charge in [-0.15, -0.1) is 12.4 Å². The molecule has 0 saturated heterocycles. The van der Waals surface area contributed by atoms with Gasteiger partial charge in [0.2, 0.25) is 0 Å². The first-order valence-electron chi connectivity index (χ1n) is 3.07. The van der Waals surface area contributed by atoms with Crippen LogP contribution in [0, 0.1) is 0 Å². The number of nitrogens with zero attached hydrogens (tertiary/aromatic N) is 1. The monoisotopic (exact) mass is 192 g/mol. The average Bonchev–Trinajstić information content (AvgIpc) is 1.88. The third kappa shape index (κ3) is 3.56. The highest BCUT2D eigenvalue weighted by Gasteiger charge is 1.90. The lowest BCUT2D eigenvalue weighted by Gasteiger charge is -1.97. The van der Waals surface area contributed by atoms with E-state index in [1.165, 1.54) is 0 Å². The minimum atomic E-state index is 0. The van der Waals surface area contributed by atoms with E-state index in [-0.39, 0.29) is 12.4 Å². The zero-order chi connectivity index (χ0) is 7.40. The second kappa shape index (κ2) is 5.35. The Balaban J connectivity index is 0.000001000. The summed E-state index contributed by atoms with van der Waals surface area (Å²) in [6.07, 6.45) is 3.42. The highest BCUT2D eigenvalue weighted by atomic mass is 35.5. The van der Waals surface area contributed by atoms with Crippen LogP contribution >= 0.6 is 24.0 Å². The summed E-state index contributed by atoms with van der Waals surface area (Å²) in [5, 5.41) is 3.70. The molecule has 1 rings (SSSR count). The molecule has 0 aliphatic heterocycles. The van der Waals surface area contributed by atoms with Crippen LogP contribution in [0.25, 0.3) is 0 Å². The van der Waals surface area contributed by atoms with Crippen molar-refractivity contribution in [1.29, 1.82) is 0 Å². The summed E-state index contributed by atoms with van der Waals surface area (Å²) >= 11 is 5.69. The summed E-state index contributed by atoms with van der Waals surface area (Å²) in [4.78, 5) is 3.93. The highest BCUT2D eigenvalue weighted by molar-refractivity contribution is 6.30. The van der Waals surface area contributed by atoms with Crippen LogP contribution in [0.4, 0.5) is 0 Å². The summed E-state index contributed by atoms with van der Waals surface area (Å²) in [5.41, 5.74) is 1.11. The van der Waals surface area contributed by atoms with Gasteiger partial charge in [-0.1, -0.05) is 11.6 Å². The molecule has 11 heavy (non-hydrogen) atoms. The molecule has 1 N–H and O–H groups in total. The second-order valence-electron chi connectivity index (χ2n) is 2.04. The predicted octanol–water partition coefficient (Wildman–Crippen LogP) is 1.88. The van der Waals surface area contributed by atoms with Crippen LogP contribution in [0.2, 0.25) is 5.02 Å². The first-order valence-corrected chi connectivity index (χ1v) is 3.45. The Morgan fingerprint density at radius 2 is 2.27 bits per heavy atom. The lowest BCUT2D eigenvalue weighted by atomic mass is 10.3. The number of halogens is 2. The lowest BCUT2D eigenvalue weighted by molar-refractivity contribution is 0.813. The van der Waals surface area contributed by atoms with Crippen LogP contribution in [-0.4, -0.2) is 12.0 Å². The van der Waals surface area contributed by atoms with Crippen molar-refractivity contribution in [2.24, 2.45) is 0 Å². The Hall–Kier alpha value is -0.310. The quantitative estimate of drug-likeness (QED) is 0.775. The minimum absolute atomic E-state index is 0. The second-order valence-corrected chi connectivity index (χ2v) is 2.48. The van der Waals surface area contributed by atoms with E-state index in [1.54, 1.807) is 12.4 Å². The standard InChI is InChI=1S/C7H9ClN2.ClH/c1-9-3-6-2-7(8)5-10-4-6;/h2,4-5,9H,3H2,1H3;1H. The van der Waals surface area contributed by atoms with Gasteiger partial charge in [-0.25, -0.2) is 0 Å². The van der Waals surface area contributed by atoms with Gasteiger partial charge < -0.3 is 5.32 Å². The molecule has 0 radical (unpaired) electrons. The van der Waals surface area contributed by atoms with Gasteiger partial charge >= 0.3 is 0 Å². The van der Waals surface area contributed by atoms with Gasteiger partial charge in [0.05, 0.1) is 5.02 Å². The molecule has 0 atom stereocenters. The first kappa shape index (κ1) is 10.7. The molecular formula is C7H10Cl2N2. The maximum Gasteiger partial charge on any atom is 0.0592 e. The van der Waals surface area contributed by atoms with Crippen molar-refractivity contribution in [2.45, 2.75) is 6.54 Å². The van der Waals surface area contributed by atoms with Crippen LogP contribution in [0.15, 0.2) is 18.5 Å². The first-order chi connectivity index (χ1) is 4.83. The zero-order valence-corrected chi connectivity index (χ0v) is 7.75. The topological polar surface area (TPSA) is 24.9 Å². The summed E-state index contributed by atoms with van der Waals surface area (Å²) in [7, 11) is 1.89. The summed E-state index contributed by atoms with van der Waals surface area (Å²) in [6, 6.07) is 1.89. The molecule has 1 heterocycles. The fourth-order valence-corrected chi connectivity index (χ4v) is 0.953. The van der Waals surface area contributed by atoms with Crippen LogP contribution in [-0.2, 0) is 6.54 Å². The number of rotatable bonds is 2. The Bertz CT molecular complexity index is 215.